The molecule has 0 spiro atoms. The normalized spacial score (nSPS) is 12.9. The Labute approximate surface area is 178 Å². The maximum absolute atomic E-state index is 11.9. The van der Waals surface area contributed by atoms with Crippen LogP contribution >= 0.6 is 0 Å². The number of amides is 1. The molecule has 2 unspecified atom stereocenters. The van der Waals surface area contributed by atoms with Crippen molar-refractivity contribution in [3.63, 3.8) is 0 Å². The Morgan fingerprint density at radius 1 is 0.880 bits per heavy atom. The first kappa shape index (κ1) is 27.2. The van der Waals surface area contributed by atoms with Crippen molar-refractivity contribution < 1.29 is 45.7 Å². The number of nitrogens with one attached hydrogen (secondary N) is 1. The number of aliphatic carboxylic acids is 1. The van der Waals surface area contributed by atoms with Crippen molar-refractivity contribution in [3.05, 3.63) is 0 Å². The van der Waals surface area contributed by atoms with Gasteiger partial charge < -0.3 is 11.8 Å². The Bertz CT molecular complexity index is 343. The van der Waals surface area contributed by atoms with Gasteiger partial charge in [-0.3, -0.25) is 4.79 Å². The van der Waals surface area contributed by atoms with Gasteiger partial charge in [0.05, 0.1) is 0 Å². The molecule has 0 bridgehead atoms. The molecule has 0 fully saturated rings. The third kappa shape index (κ3) is 15.9. The summed E-state index contributed by atoms with van der Waals surface area (Å²) in [5.74, 6) is -1.10. The average molecular weight is 366 g/mol. The summed E-state index contributed by atoms with van der Waals surface area (Å²) in [7, 11) is 0. The Morgan fingerprint density at radius 3 is 1.72 bits per heavy atom. The summed E-state index contributed by atoms with van der Waals surface area (Å²) in [5, 5.41) is 11.8. The first-order valence-electron chi connectivity index (χ1n) is 10.0. The molecule has 0 heterocycles. The van der Waals surface area contributed by atoms with Crippen molar-refractivity contribution in [1.29, 1.82) is 0 Å². The van der Waals surface area contributed by atoms with Gasteiger partial charge in [-0.05, 0) is 12.3 Å². The third-order valence-electron chi connectivity index (χ3n) is 4.80. The number of carboxylic acids is 1. The van der Waals surface area contributed by atoms with Crippen molar-refractivity contribution in [2.75, 3.05) is 0 Å². The summed E-state index contributed by atoms with van der Waals surface area (Å²) in [5.41, 5.74) is 0. The van der Waals surface area contributed by atoms with Gasteiger partial charge in [0.15, 0.2) is 0 Å². The number of carbonyl (C=O) groups excluding carboxylic acids is 1. The second-order valence-electron chi connectivity index (χ2n) is 7.05. The van der Waals surface area contributed by atoms with Gasteiger partial charge >= 0.3 is 35.5 Å². The summed E-state index contributed by atoms with van der Waals surface area (Å²) in [6.07, 6.45) is 14.9. The van der Waals surface area contributed by atoms with E-state index in [-0.39, 0.29) is 42.8 Å². The van der Waals surface area contributed by atoms with Gasteiger partial charge in [-0.15, -0.1) is 0 Å². The van der Waals surface area contributed by atoms with Gasteiger partial charge in [0, 0.05) is 6.42 Å². The van der Waals surface area contributed by atoms with E-state index < -0.39 is 12.0 Å². The van der Waals surface area contributed by atoms with E-state index in [0.29, 0.717) is 6.42 Å². The van der Waals surface area contributed by atoms with Crippen LogP contribution in [0.5, 0.6) is 0 Å². The van der Waals surface area contributed by atoms with E-state index >= 15 is 0 Å². The van der Waals surface area contributed by atoms with Gasteiger partial charge in [0.1, 0.15) is 6.04 Å². The summed E-state index contributed by atoms with van der Waals surface area (Å²) >= 11 is 0. The summed E-state index contributed by atoms with van der Waals surface area (Å²) in [6.45, 7) is 6.05. The van der Waals surface area contributed by atoms with Crippen molar-refractivity contribution in [2.45, 2.75) is 110 Å². The molecule has 0 saturated heterocycles. The molecule has 0 rings (SSSR count). The molecule has 1 amide bonds. The predicted octanol–water partition coefficient (Wildman–Crippen LogP) is 2.42. The molecule has 144 valence electrons. The van der Waals surface area contributed by atoms with Crippen molar-refractivity contribution in [3.8, 4) is 0 Å². The van der Waals surface area contributed by atoms with E-state index in [1.54, 1.807) is 0 Å². The summed E-state index contributed by atoms with van der Waals surface area (Å²) in [6, 6.07) is -0.754. The van der Waals surface area contributed by atoms with Crippen LogP contribution in [-0.4, -0.2) is 23.0 Å². The second-order valence-corrected chi connectivity index (χ2v) is 7.05. The second kappa shape index (κ2) is 18.7. The Kier molecular flexibility index (Phi) is 20.3. The standard InChI is InChI=1S/C20H39NO3.Na.H/c1-4-6-7-8-9-10-11-12-13-14-15-16-18(22)21-19(20(23)24)17(3)5-2;;/h17,19H,4-16H2,1-3H3,(H,21,22)(H,23,24);;/q;+1;-1. The fraction of sp³-hybridized carbons (Fsp3) is 0.900. The van der Waals surface area contributed by atoms with E-state index in [0.717, 1.165) is 19.3 Å². The van der Waals surface area contributed by atoms with Crippen molar-refractivity contribution in [1.82, 2.24) is 5.32 Å². The molecule has 0 aromatic carbocycles. The third-order valence-corrected chi connectivity index (χ3v) is 4.80. The minimum absolute atomic E-state index is 0. The van der Waals surface area contributed by atoms with Crippen LogP contribution in [-0.2, 0) is 9.59 Å². The van der Waals surface area contributed by atoms with E-state index in [4.69, 9.17) is 5.11 Å². The van der Waals surface area contributed by atoms with Crippen LogP contribution in [0.25, 0.3) is 0 Å². The fourth-order valence-corrected chi connectivity index (χ4v) is 2.88. The molecule has 4 nitrogen and oxygen atoms in total. The first-order chi connectivity index (χ1) is 11.5. The van der Waals surface area contributed by atoms with Gasteiger partial charge in [-0.1, -0.05) is 91.4 Å². The molecule has 25 heavy (non-hydrogen) atoms. The van der Waals surface area contributed by atoms with Crippen LogP contribution in [0.2, 0.25) is 0 Å². The molecule has 0 aliphatic carbocycles. The smallest absolute Gasteiger partial charge is 1.00 e. The van der Waals surface area contributed by atoms with Gasteiger partial charge in [0.2, 0.25) is 5.91 Å². The summed E-state index contributed by atoms with van der Waals surface area (Å²) < 4.78 is 0. The number of carbonyl (C=O) groups is 2. The number of carboxylic acid groups (broad SMARTS) is 1. The van der Waals surface area contributed by atoms with Crippen LogP contribution in [0.15, 0.2) is 0 Å². The maximum Gasteiger partial charge on any atom is 1.00 e. The molecular formula is C20H40NNaO3. The predicted molar refractivity (Wildman–Crippen MR) is 101 cm³/mol. The number of hydrogen-bond donors (Lipinski definition) is 2. The minimum Gasteiger partial charge on any atom is -1.00 e. The molecule has 0 aliphatic heterocycles. The summed E-state index contributed by atoms with van der Waals surface area (Å²) in [4.78, 5) is 23.0. The zero-order valence-electron chi connectivity index (χ0n) is 18.1. The quantitative estimate of drug-likeness (QED) is 0.326. The Morgan fingerprint density at radius 2 is 1.32 bits per heavy atom. The molecule has 0 saturated carbocycles. The molecule has 0 aromatic rings. The van der Waals surface area contributed by atoms with Crippen molar-refractivity contribution >= 4 is 11.9 Å². The van der Waals surface area contributed by atoms with Gasteiger partial charge in [-0.2, -0.15) is 0 Å². The van der Waals surface area contributed by atoms with Crippen LogP contribution < -0.4 is 34.9 Å². The van der Waals surface area contributed by atoms with Gasteiger partial charge in [0.25, 0.3) is 0 Å². The number of rotatable bonds is 16. The average Bonchev–Trinajstić information content (AvgIpc) is 2.56. The number of unbranched alkanes of at least 4 members (excludes halogenated alkanes) is 10. The number of hydrogen-bond acceptors (Lipinski definition) is 2. The molecule has 2 N–H and O–H groups in total. The first-order valence-corrected chi connectivity index (χ1v) is 10.0. The van der Waals surface area contributed by atoms with Crippen molar-refractivity contribution in [2.24, 2.45) is 5.92 Å². The zero-order valence-corrected chi connectivity index (χ0v) is 19.1. The molecule has 0 radical (unpaired) electrons. The molecule has 2 atom stereocenters. The van der Waals surface area contributed by atoms with Crippen LogP contribution in [0, 0.1) is 5.92 Å². The monoisotopic (exact) mass is 365 g/mol. The van der Waals surface area contributed by atoms with Crippen LogP contribution in [0.4, 0.5) is 0 Å². The largest absolute Gasteiger partial charge is 1.00 e. The molecular weight excluding hydrogens is 325 g/mol. The van der Waals surface area contributed by atoms with Gasteiger partial charge in [-0.25, -0.2) is 4.79 Å². The van der Waals surface area contributed by atoms with E-state index in [2.05, 4.69) is 12.2 Å². The Balaban J connectivity index is -0.00000264. The fourth-order valence-electron chi connectivity index (χ4n) is 2.88. The molecule has 0 aromatic heterocycles. The topological polar surface area (TPSA) is 66.4 Å². The maximum atomic E-state index is 11.9. The minimum atomic E-state index is -0.934. The van der Waals surface area contributed by atoms with E-state index in [1.165, 1.54) is 57.8 Å². The van der Waals surface area contributed by atoms with E-state index in [9.17, 15) is 9.59 Å². The Hall–Kier alpha value is -0.0600. The SMILES string of the molecule is CCCCCCCCCCCCCC(=O)NC(C(=O)O)C(C)CC.[H-].[Na+]. The molecule has 0 aliphatic rings. The zero-order chi connectivity index (χ0) is 18.2. The molecule has 5 heteroatoms. The van der Waals surface area contributed by atoms with Crippen LogP contribution in [0.1, 0.15) is 106 Å². The van der Waals surface area contributed by atoms with Crippen LogP contribution in [0.3, 0.4) is 0 Å². The van der Waals surface area contributed by atoms with E-state index in [1.807, 2.05) is 13.8 Å².